The lowest BCUT2D eigenvalue weighted by Gasteiger charge is -2.04. The Morgan fingerprint density at radius 1 is 1.19 bits per heavy atom. The molecule has 0 saturated carbocycles. The molecule has 2 heteroatoms. The third-order valence-corrected chi connectivity index (χ3v) is 2.95. The molecule has 2 aromatic carbocycles. The van der Waals surface area contributed by atoms with E-state index in [9.17, 15) is 4.39 Å². The molecular formula is C14H10BrF. The zero-order chi connectivity index (χ0) is 11.5. The molecule has 0 heterocycles. The average molecular weight is 277 g/mol. The van der Waals surface area contributed by atoms with Crippen LogP contribution in [-0.2, 0) is 0 Å². The van der Waals surface area contributed by atoms with Gasteiger partial charge in [0, 0.05) is 10.0 Å². The largest absolute Gasteiger partial charge is 0.206 e. The second kappa shape index (κ2) is 4.62. The SMILES string of the molecule is C=C/C(Br)=C\c1c(F)ccc2ccccc12. The zero-order valence-corrected chi connectivity index (χ0v) is 10.2. The third-order valence-electron chi connectivity index (χ3n) is 2.39. The van der Waals surface area contributed by atoms with Crippen LogP contribution < -0.4 is 0 Å². The van der Waals surface area contributed by atoms with Gasteiger partial charge in [-0.1, -0.05) is 58.9 Å². The Morgan fingerprint density at radius 2 is 1.94 bits per heavy atom. The normalized spacial score (nSPS) is 11.8. The number of hydrogen-bond donors (Lipinski definition) is 0. The molecule has 0 nitrogen and oxygen atoms in total. The predicted octanol–water partition coefficient (Wildman–Crippen LogP) is 4.90. The van der Waals surface area contributed by atoms with Gasteiger partial charge in [-0.2, -0.15) is 0 Å². The van der Waals surface area contributed by atoms with Crippen molar-refractivity contribution in [2.75, 3.05) is 0 Å². The fraction of sp³-hybridized carbons (Fsp3) is 0. The van der Waals surface area contributed by atoms with Crippen molar-refractivity contribution in [3.63, 3.8) is 0 Å². The van der Waals surface area contributed by atoms with Crippen molar-refractivity contribution in [2.24, 2.45) is 0 Å². The molecule has 0 spiro atoms. The molecule has 0 N–H and O–H groups in total. The molecule has 2 aromatic rings. The van der Waals surface area contributed by atoms with Crippen LogP contribution in [-0.4, -0.2) is 0 Å². The number of fused-ring (bicyclic) bond motifs is 1. The first-order chi connectivity index (χ1) is 7.72. The molecule has 0 radical (unpaired) electrons. The lowest BCUT2D eigenvalue weighted by Crippen LogP contribution is -1.85. The number of halogens is 2. The van der Waals surface area contributed by atoms with Crippen molar-refractivity contribution in [1.82, 2.24) is 0 Å². The monoisotopic (exact) mass is 276 g/mol. The number of allylic oxidation sites excluding steroid dienone is 2. The Balaban J connectivity index is 2.75. The van der Waals surface area contributed by atoms with Crippen molar-refractivity contribution >= 4 is 32.8 Å². The summed E-state index contributed by atoms with van der Waals surface area (Å²) in [7, 11) is 0. The molecule has 0 aliphatic carbocycles. The molecule has 0 atom stereocenters. The van der Waals surface area contributed by atoms with E-state index < -0.39 is 0 Å². The summed E-state index contributed by atoms with van der Waals surface area (Å²) in [6.45, 7) is 3.63. The Bertz CT molecular complexity index is 570. The highest BCUT2D eigenvalue weighted by molar-refractivity contribution is 9.12. The summed E-state index contributed by atoms with van der Waals surface area (Å²) >= 11 is 3.31. The zero-order valence-electron chi connectivity index (χ0n) is 8.58. The molecular weight excluding hydrogens is 267 g/mol. The van der Waals surface area contributed by atoms with Crippen LogP contribution in [0.2, 0.25) is 0 Å². The highest BCUT2D eigenvalue weighted by Gasteiger charge is 2.04. The average Bonchev–Trinajstić information content (AvgIpc) is 2.32. The van der Waals surface area contributed by atoms with Crippen molar-refractivity contribution < 1.29 is 4.39 Å². The summed E-state index contributed by atoms with van der Waals surface area (Å²) in [4.78, 5) is 0. The van der Waals surface area contributed by atoms with E-state index in [2.05, 4.69) is 22.5 Å². The van der Waals surface area contributed by atoms with E-state index in [0.717, 1.165) is 15.3 Å². The Morgan fingerprint density at radius 3 is 2.69 bits per heavy atom. The quantitative estimate of drug-likeness (QED) is 0.685. The number of rotatable bonds is 2. The van der Waals surface area contributed by atoms with Gasteiger partial charge in [0.15, 0.2) is 0 Å². The lowest BCUT2D eigenvalue weighted by molar-refractivity contribution is 0.627. The number of benzene rings is 2. The van der Waals surface area contributed by atoms with Crippen molar-refractivity contribution in [1.29, 1.82) is 0 Å². The highest BCUT2D eigenvalue weighted by Crippen LogP contribution is 2.25. The van der Waals surface area contributed by atoms with Crippen LogP contribution in [0.15, 0.2) is 53.5 Å². The molecule has 2 rings (SSSR count). The fourth-order valence-corrected chi connectivity index (χ4v) is 1.84. The van der Waals surface area contributed by atoms with Gasteiger partial charge < -0.3 is 0 Å². The van der Waals surface area contributed by atoms with E-state index in [1.54, 1.807) is 18.2 Å². The molecule has 0 bridgehead atoms. The van der Waals surface area contributed by atoms with E-state index in [4.69, 9.17) is 0 Å². The fourth-order valence-electron chi connectivity index (χ4n) is 1.61. The first kappa shape index (κ1) is 11.1. The molecule has 0 unspecified atom stereocenters. The van der Waals surface area contributed by atoms with Crippen LogP contribution in [0.5, 0.6) is 0 Å². The van der Waals surface area contributed by atoms with E-state index >= 15 is 0 Å². The maximum atomic E-state index is 13.7. The minimum atomic E-state index is -0.225. The van der Waals surface area contributed by atoms with Gasteiger partial charge in [0.05, 0.1) is 0 Å². The standard InChI is InChI=1S/C14H10BrF/c1-2-11(15)9-13-12-6-4-3-5-10(12)7-8-14(13)16/h2-9H,1H2/b11-9+. The van der Waals surface area contributed by atoms with E-state index in [1.165, 1.54) is 6.07 Å². The summed E-state index contributed by atoms with van der Waals surface area (Å²) in [6, 6.07) is 11.0. The Hall–Kier alpha value is -1.41. The molecule has 16 heavy (non-hydrogen) atoms. The minimum absolute atomic E-state index is 0.225. The molecule has 0 saturated heterocycles. The molecule has 0 aliphatic heterocycles. The molecule has 0 fully saturated rings. The topological polar surface area (TPSA) is 0 Å². The van der Waals surface area contributed by atoms with Crippen LogP contribution >= 0.6 is 15.9 Å². The van der Waals surface area contributed by atoms with Gasteiger partial charge in [-0.05, 0) is 22.9 Å². The van der Waals surface area contributed by atoms with Crippen LogP contribution in [0.25, 0.3) is 16.8 Å². The molecule has 0 aliphatic rings. The van der Waals surface area contributed by atoms with Crippen molar-refractivity contribution in [3.05, 3.63) is 64.9 Å². The summed E-state index contributed by atoms with van der Waals surface area (Å²) in [5.41, 5.74) is 0.588. The Labute approximate surface area is 102 Å². The van der Waals surface area contributed by atoms with Crippen molar-refractivity contribution in [3.8, 4) is 0 Å². The van der Waals surface area contributed by atoms with Gasteiger partial charge in [-0.3, -0.25) is 0 Å². The third kappa shape index (κ3) is 2.07. The van der Waals surface area contributed by atoms with Crippen LogP contribution in [0, 0.1) is 5.82 Å². The lowest BCUT2D eigenvalue weighted by atomic mass is 10.0. The second-order valence-electron chi connectivity index (χ2n) is 3.42. The molecule has 80 valence electrons. The van der Waals surface area contributed by atoms with E-state index in [-0.39, 0.29) is 5.82 Å². The van der Waals surface area contributed by atoms with Gasteiger partial charge in [0.2, 0.25) is 0 Å². The summed E-state index contributed by atoms with van der Waals surface area (Å²) in [5, 5.41) is 1.93. The number of hydrogen-bond acceptors (Lipinski definition) is 0. The first-order valence-electron chi connectivity index (χ1n) is 4.89. The maximum Gasteiger partial charge on any atom is 0.131 e. The van der Waals surface area contributed by atoms with Gasteiger partial charge >= 0.3 is 0 Å². The van der Waals surface area contributed by atoms with E-state index in [1.807, 2.05) is 24.3 Å². The summed E-state index contributed by atoms with van der Waals surface area (Å²) in [6.07, 6.45) is 3.38. The van der Waals surface area contributed by atoms with E-state index in [0.29, 0.717) is 5.56 Å². The Kier molecular flexibility index (Phi) is 3.20. The first-order valence-corrected chi connectivity index (χ1v) is 5.68. The smallest absolute Gasteiger partial charge is 0.131 e. The van der Waals surface area contributed by atoms with Gasteiger partial charge in [0.1, 0.15) is 5.82 Å². The van der Waals surface area contributed by atoms with Crippen LogP contribution in [0.3, 0.4) is 0 Å². The van der Waals surface area contributed by atoms with Crippen LogP contribution in [0.4, 0.5) is 4.39 Å². The summed E-state index contributed by atoms with van der Waals surface area (Å²) < 4.78 is 14.5. The molecule has 0 aromatic heterocycles. The molecule has 0 amide bonds. The highest BCUT2D eigenvalue weighted by atomic mass is 79.9. The summed E-state index contributed by atoms with van der Waals surface area (Å²) in [5.74, 6) is -0.225. The van der Waals surface area contributed by atoms with Gasteiger partial charge in [0.25, 0.3) is 0 Å². The minimum Gasteiger partial charge on any atom is -0.206 e. The van der Waals surface area contributed by atoms with Crippen molar-refractivity contribution in [2.45, 2.75) is 0 Å². The second-order valence-corrected chi connectivity index (χ2v) is 4.33. The predicted molar refractivity (Wildman–Crippen MR) is 71.0 cm³/mol. The van der Waals surface area contributed by atoms with Gasteiger partial charge in [-0.15, -0.1) is 0 Å². The van der Waals surface area contributed by atoms with Crippen LogP contribution in [0.1, 0.15) is 5.56 Å². The maximum absolute atomic E-state index is 13.7. The van der Waals surface area contributed by atoms with Gasteiger partial charge in [-0.25, -0.2) is 4.39 Å².